The summed E-state index contributed by atoms with van der Waals surface area (Å²) in [5, 5.41) is 12.0. The van der Waals surface area contributed by atoms with Gasteiger partial charge in [-0.25, -0.2) is 0 Å². The molecular weight excluding hydrogens is 334 g/mol. The van der Waals surface area contributed by atoms with Crippen molar-refractivity contribution in [3.05, 3.63) is 29.8 Å². The average molecular weight is 361 g/mol. The van der Waals surface area contributed by atoms with E-state index in [1.165, 1.54) is 12.8 Å². The topological polar surface area (TPSA) is 82.1 Å². The molecule has 0 radical (unpaired) electrons. The number of carbonyl (C=O) groups is 2. The van der Waals surface area contributed by atoms with Crippen LogP contribution >= 0.6 is 0 Å². The largest absolute Gasteiger partial charge is 0.493 e. The number of benzene rings is 1. The molecule has 0 spiro atoms. The maximum atomic E-state index is 12.7. The Bertz CT molecular complexity index is 606. The highest BCUT2D eigenvalue weighted by Gasteiger charge is 2.27. The number of hydrogen-bond donors (Lipinski definition) is 2. The molecule has 2 heterocycles. The van der Waals surface area contributed by atoms with E-state index in [1.54, 1.807) is 24.3 Å². The smallest absolute Gasteiger partial charge is 0.306 e. The van der Waals surface area contributed by atoms with Gasteiger partial charge in [0.1, 0.15) is 5.75 Å². The number of carboxylic acid groups (broad SMARTS) is 1. The normalized spacial score (nSPS) is 19.3. The Morgan fingerprint density at radius 3 is 2.35 bits per heavy atom. The number of hydrogen-bond acceptors (Lipinski definition) is 5. The van der Waals surface area contributed by atoms with Crippen LogP contribution in [0.5, 0.6) is 5.75 Å². The van der Waals surface area contributed by atoms with Crippen molar-refractivity contribution in [1.82, 2.24) is 15.1 Å². The average Bonchev–Trinajstić information content (AvgIpc) is 2.68. The van der Waals surface area contributed by atoms with Crippen molar-refractivity contribution in [3.63, 3.8) is 0 Å². The fourth-order valence-corrected chi connectivity index (χ4v) is 3.59. The SMILES string of the molecule is O=C(O)CCOc1ccc(C(=O)N2CCN(C3CCNCC3)CC2)cc1. The van der Waals surface area contributed by atoms with E-state index >= 15 is 0 Å². The molecule has 2 N–H and O–H groups in total. The highest BCUT2D eigenvalue weighted by Crippen LogP contribution is 2.18. The molecule has 1 aromatic rings. The molecule has 2 fully saturated rings. The van der Waals surface area contributed by atoms with E-state index in [-0.39, 0.29) is 18.9 Å². The predicted molar refractivity (Wildman–Crippen MR) is 97.6 cm³/mol. The molecule has 0 atom stereocenters. The number of carboxylic acids is 1. The van der Waals surface area contributed by atoms with Gasteiger partial charge in [0, 0.05) is 37.8 Å². The van der Waals surface area contributed by atoms with Crippen LogP contribution in [0.3, 0.4) is 0 Å². The number of nitrogens with zero attached hydrogens (tertiary/aromatic N) is 2. The Hall–Kier alpha value is -2.12. The minimum atomic E-state index is -0.888. The molecule has 1 amide bonds. The Balaban J connectivity index is 1.47. The number of aliphatic carboxylic acids is 1. The minimum absolute atomic E-state index is 0.0397. The number of amides is 1. The summed E-state index contributed by atoms with van der Waals surface area (Å²) in [7, 11) is 0. The fourth-order valence-electron chi connectivity index (χ4n) is 3.59. The molecule has 0 aliphatic carbocycles. The number of ether oxygens (including phenoxy) is 1. The summed E-state index contributed by atoms with van der Waals surface area (Å²) in [5.41, 5.74) is 0.644. The second-order valence-corrected chi connectivity index (χ2v) is 6.83. The van der Waals surface area contributed by atoms with Crippen LogP contribution in [-0.4, -0.2) is 78.7 Å². The van der Waals surface area contributed by atoms with Gasteiger partial charge in [-0.05, 0) is 50.2 Å². The molecule has 2 aliphatic rings. The molecule has 142 valence electrons. The van der Waals surface area contributed by atoms with Gasteiger partial charge in [-0.1, -0.05) is 0 Å². The Morgan fingerprint density at radius 1 is 1.08 bits per heavy atom. The van der Waals surface area contributed by atoms with Gasteiger partial charge in [-0.2, -0.15) is 0 Å². The van der Waals surface area contributed by atoms with Gasteiger partial charge in [-0.3, -0.25) is 14.5 Å². The lowest BCUT2D eigenvalue weighted by atomic mass is 10.0. The Morgan fingerprint density at radius 2 is 1.73 bits per heavy atom. The van der Waals surface area contributed by atoms with Crippen molar-refractivity contribution in [2.24, 2.45) is 0 Å². The van der Waals surface area contributed by atoms with Crippen molar-refractivity contribution in [2.75, 3.05) is 45.9 Å². The summed E-state index contributed by atoms with van der Waals surface area (Å²) in [5.74, 6) is -0.258. The summed E-state index contributed by atoms with van der Waals surface area (Å²) in [4.78, 5) is 27.6. The van der Waals surface area contributed by atoms with Crippen LogP contribution in [0.25, 0.3) is 0 Å². The highest BCUT2D eigenvalue weighted by molar-refractivity contribution is 5.94. The van der Waals surface area contributed by atoms with Crippen molar-refractivity contribution in [3.8, 4) is 5.75 Å². The van der Waals surface area contributed by atoms with Gasteiger partial charge in [0.2, 0.25) is 0 Å². The van der Waals surface area contributed by atoms with Gasteiger partial charge in [0.25, 0.3) is 5.91 Å². The van der Waals surface area contributed by atoms with E-state index in [0.29, 0.717) is 17.4 Å². The lowest BCUT2D eigenvalue weighted by Crippen LogP contribution is -2.53. The third kappa shape index (κ3) is 4.95. The molecule has 7 nitrogen and oxygen atoms in total. The number of carbonyl (C=O) groups excluding carboxylic acids is 1. The Labute approximate surface area is 153 Å². The second kappa shape index (κ2) is 9.00. The summed E-state index contributed by atoms with van der Waals surface area (Å²) >= 11 is 0. The molecule has 0 unspecified atom stereocenters. The molecule has 2 saturated heterocycles. The molecule has 0 aromatic heterocycles. The monoisotopic (exact) mass is 361 g/mol. The number of piperidine rings is 1. The zero-order valence-electron chi connectivity index (χ0n) is 15.0. The van der Waals surface area contributed by atoms with Crippen LogP contribution in [-0.2, 0) is 4.79 Å². The zero-order chi connectivity index (χ0) is 18.4. The van der Waals surface area contributed by atoms with E-state index in [9.17, 15) is 9.59 Å². The zero-order valence-corrected chi connectivity index (χ0v) is 15.0. The van der Waals surface area contributed by atoms with E-state index < -0.39 is 5.97 Å². The fraction of sp³-hybridized carbons (Fsp3) is 0.579. The van der Waals surface area contributed by atoms with E-state index in [4.69, 9.17) is 9.84 Å². The van der Waals surface area contributed by atoms with Gasteiger partial charge < -0.3 is 20.1 Å². The molecule has 0 saturated carbocycles. The van der Waals surface area contributed by atoms with Crippen LogP contribution in [0.1, 0.15) is 29.6 Å². The van der Waals surface area contributed by atoms with Crippen molar-refractivity contribution < 1.29 is 19.4 Å². The summed E-state index contributed by atoms with van der Waals surface area (Å²) in [6.45, 7) is 5.70. The van der Waals surface area contributed by atoms with Crippen molar-refractivity contribution >= 4 is 11.9 Å². The maximum Gasteiger partial charge on any atom is 0.306 e. The first kappa shape index (κ1) is 18.7. The third-order valence-electron chi connectivity index (χ3n) is 5.11. The quantitative estimate of drug-likeness (QED) is 0.788. The molecule has 7 heteroatoms. The van der Waals surface area contributed by atoms with Gasteiger partial charge in [0.15, 0.2) is 0 Å². The molecule has 0 bridgehead atoms. The standard InChI is InChI=1S/C19H27N3O4/c23-18(24)7-14-26-17-3-1-15(2-4-17)19(25)22-12-10-21(11-13-22)16-5-8-20-9-6-16/h1-4,16,20H,5-14H2,(H,23,24). The number of nitrogens with one attached hydrogen (secondary N) is 1. The lowest BCUT2D eigenvalue weighted by molar-refractivity contribution is -0.137. The first-order chi connectivity index (χ1) is 12.6. The van der Waals surface area contributed by atoms with Gasteiger partial charge in [0.05, 0.1) is 13.0 Å². The van der Waals surface area contributed by atoms with Gasteiger partial charge >= 0.3 is 5.97 Å². The van der Waals surface area contributed by atoms with Crippen LogP contribution in [0, 0.1) is 0 Å². The number of rotatable bonds is 6. The highest BCUT2D eigenvalue weighted by atomic mass is 16.5. The molecular formula is C19H27N3O4. The van der Waals surface area contributed by atoms with E-state index in [2.05, 4.69) is 10.2 Å². The lowest BCUT2D eigenvalue weighted by Gasteiger charge is -2.40. The molecule has 2 aliphatic heterocycles. The maximum absolute atomic E-state index is 12.7. The molecule has 26 heavy (non-hydrogen) atoms. The van der Waals surface area contributed by atoms with E-state index in [0.717, 1.165) is 39.3 Å². The molecule has 1 aromatic carbocycles. The van der Waals surface area contributed by atoms with Crippen molar-refractivity contribution in [2.45, 2.75) is 25.3 Å². The molecule has 3 rings (SSSR count). The van der Waals surface area contributed by atoms with Crippen LogP contribution in [0.2, 0.25) is 0 Å². The van der Waals surface area contributed by atoms with Crippen molar-refractivity contribution in [1.29, 1.82) is 0 Å². The summed E-state index contributed by atoms with van der Waals surface area (Å²) in [6.07, 6.45) is 2.34. The minimum Gasteiger partial charge on any atom is -0.493 e. The first-order valence-electron chi connectivity index (χ1n) is 9.32. The predicted octanol–water partition coefficient (Wildman–Crippen LogP) is 1.05. The summed E-state index contributed by atoms with van der Waals surface area (Å²) < 4.78 is 5.36. The van der Waals surface area contributed by atoms with Crippen LogP contribution < -0.4 is 10.1 Å². The van der Waals surface area contributed by atoms with E-state index in [1.807, 2.05) is 4.90 Å². The third-order valence-corrected chi connectivity index (χ3v) is 5.11. The summed E-state index contributed by atoms with van der Waals surface area (Å²) in [6, 6.07) is 7.59. The van der Waals surface area contributed by atoms with Crippen LogP contribution in [0.4, 0.5) is 0 Å². The number of piperazine rings is 1. The van der Waals surface area contributed by atoms with Crippen LogP contribution in [0.15, 0.2) is 24.3 Å². The Kier molecular flexibility index (Phi) is 6.46. The first-order valence-corrected chi connectivity index (χ1v) is 9.32. The second-order valence-electron chi connectivity index (χ2n) is 6.83. The van der Waals surface area contributed by atoms with Gasteiger partial charge in [-0.15, -0.1) is 0 Å².